The van der Waals surface area contributed by atoms with Crippen LogP contribution in [-0.2, 0) is 31.4 Å². The van der Waals surface area contributed by atoms with E-state index in [9.17, 15) is 18.0 Å². The van der Waals surface area contributed by atoms with Crippen molar-refractivity contribution in [2.75, 3.05) is 17.2 Å². The zero-order valence-corrected chi connectivity index (χ0v) is 24.7. The molecule has 0 radical (unpaired) electrons. The standard InChI is InChI=1S/C29H27Cl2N5O4S/c1-19(37)33-11-4-12-41(39,40)26-18-34-28-35(25-14-23(30)13-24(31)15-25)27(38)29(2,36(26)28)16-20-6-8-21(9-7-20)22-5-3-10-32-17-22/h3,5-10,13-15,17-18H,4,11-12,16H2,1-2H3,(H,33,37)/t29-/m1/s1. The number of imidazole rings is 1. The molecule has 0 saturated carbocycles. The van der Waals surface area contributed by atoms with Crippen molar-refractivity contribution in [2.24, 2.45) is 0 Å². The first kappa shape index (κ1) is 28.8. The summed E-state index contributed by atoms with van der Waals surface area (Å²) in [5, 5.41) is 3.18. The molecule has 0 spiro atoms. The fourth-order valence-electron chi connectivity index (χ4n) is 5.03. The third-order valence-electron chi connectivity index (χ3n) is 6.95. The maximum atomic E-state index is 14.2. The van der Waals surface area contributed by atoms with Crippen LogP contribution < -0.4 is 10.2 Å². The molecule has 41 heavy (non-hydrogen) atoms. The fraction of sp³-hybridized carbons (Fsp3) is 0.241. The number of fused-ring (bicyclic) bond motifs is 1. The number of halogens is 2. The number of nitrogens with one attached hydrogen (secondary N) is 1. The Morgan fingerprint density at radius 3 is 2.37 bits per heavy atom. The second-order valence-electron chi connectivity index (χ2n) is 10.0. The second-order valence-corrected chi connectivity index (χ2v) is 13.0. The van der Waals surface area contributed by atoms with E-state index in [0.717, 1.165) is 16.7 Å². The van der Waals surface area contributed by atoms with E-state index in [1.165, 1.54) is 22.6 Å². The van der Waals surface area contributed by atoms with E-state index in [4.69, 9.17) is 23.2 Å². The summed E-state index contributed by atoms with van der Waals surface area (Å²) in [4.78, 5) is 35.4. The van der Waals surface area contributed by atoms with Crippen LogP contribution in [0.15, 0.2) is 78.2 Å². The Balaban J connectivity index is 1.55. The van der Waals surface area contributed by atoms with Gasteiger partial charge >= 0.3 is 0 Å². The Hall–Kier alpha value is -3.73. The lowest BCUT2D eigenvalue weighted by atomic mass is 9.91. The van der Waals surface area contributed by atoms with Crippen molar-refractivity contribution in [3.05, 3.63) is 88.8 Å². The summed E-state index contributed by atoms with van der Waals surface area (Å²) in [7, 11) is -3.88. The number of carbonyl (C=O) groups is 2. The van der Waals surface area contributed by atoms with E-state index in [1.54, 1.807) is 37.5 Å². The number of carbonyl (C=O) groups excluding carboxylic acids is 2. The first-order valence-electron chi connectivity index (χ1n) is 12.8. The number of pyridine rings is 1. The zero-order valence-electron chi connectivity index (χ0n) is 22.3. The first-order valence-corrected chi connectivity index (χ1v) is 15.3. The minimum Gasteiger partial charge on any atom is -0.356 e. The molecule has 0 fully saturated rings. The Bertz CT molecular complexity index is 1710. The Morgan fingerprint density at radius 1 is 1.02 bits per heavy atom. The molecule has 2 aromatic carbocycles. The molecule has 5 rings (SSSR count). The summed E-state index contributed by atoms with van der Waals surface area (Å²) in [6, 6.07) is 16.2. The van der Waals surface area contributed by atoms with Gasteiger partial charge in [0.1, 0.15) is 5.54 Å². The molecule has 0 bridgehead atoms. The molecule has 0 saturated heterocycles. The van der Waals surface area contributed by atoms with Gasteiger partial charge in [0, 0.05) is 42.3 Å². The van der Waals surface area contributed by atoms with Gasteiger partial charge in [-0.3, -0.25) is 19.1 Å². The van der Waals surface area contributed by atoms with Crippen molar-refractivity contribution in [1.82, 2.24) is 19.9 Å². The smallest absolute Gasteiger partial charge is 0.260 e. The summed E-state index contributed by atoms with van der Waals surface area (Å²) >= 11 is 12.5. The van der Waals surface area contributed by atoms with Crippen molar-refractivity contribution < 1.29 is 18.0 Å². The predicted octanol–water partition coefficient (Wildman–Crippen LogP) is 5.19. The number of aromatic nitrogens is 3. The van der Waals surface area contributed by atoms with Crippen molar-refractivity contribution >= 4 is 56.5 Å². The summed E-state index contributed by atoms with van der Waals surface area (Å²) in [6.45, 7) is 3.29. The number of amides is 2. The van der Waals surface area contributed by atoms with Gasteiger partial charge in [0.2, 0.25) is 11.9 Å². The zero-order chi connectivity index (χ0) is 29.4. The summed E-state index contributed by atoms with van der Waals surface area (Å²) in [5.41, 5.74) is 1.79. The van der Waals surface area contributed by atoms with Crippen LogP contribution in [0.1, 0.15) is 25.8 Å². The number of rotatable bonds is 9. The lowest BCUT2D eigenvalue weighted by Gasteiger charge is -2.27. The molecule has 2 aromatic heterocycles. The van der Waals surface area contributed by atoms with Crippen LogP contribution in [-0.4, -0.2) is 47.1 Å². The first-order chi connectivity index (χ1) is 19.5. The van der Waals surface area contributed by atoms with Crippen LogP contribution in [0.3, 0.4) is 0 Å². The lowest BCUT2D eigenvalue weighted by molar-refractivity contribution is -0.124. The molecule has 4 aromatic rings. The second kappa shape index (κ2) is 11.3. The van der Waals surface area contributed by atoms with E-state index < -0.39 is 15.4 Å². The highest BCUT2D eigenvalue weighted by Crippen LogP contribution is 2.44. The highest BCUT2D eigenvalue weighted by Gasteiger charge is 2.51. The van der Waals surface area contributed by atoms with Crippen LogP contribution in [0.25, 0.3) is 11.1 Å². The van der Waals surface area contributed by atoms with Crippen molar-refractivity contribution in [3.8, 4) is 11.1 Å². The van der Waals surface area contributed by atoms with Crippen LogP contribution >= 0.6 is 23.2 Å². The average molecular weight is 613 g/mol. The van der Waals surface area contributed by atoms with Gasteiger partial charge in [-0.15, -0.1) is 0 Å². The molecule has 9 nitrogen and oxygen atoms in total. The summed E-state index contributed by atoms with van der Waals surface area (Å²) in [6.07, 6.45) is 5.15. The number of sulfone groups is 1. The highest BCUT2D eigenvalue weighted by molar-refractivity contribution is 7.91. The minimum atomic E-state index is -3.88. The molecule has 1 aliphatic rings. The van der Waals surface area contributed by atoms with Crippen molar-refractivity contribution in [3.63, 3.8) is 0 Å². The molecular weight excluding hydrogens is 585 g/mol. The monoisotopic (exact) mass is 611 g/mol. The maximum Gasteiger partial charge on any atom is 0.260 e. The normalized spacial score (nSPS) is 16.6. The quantitative estimate of drug-likeness (QED) is 0.261. The molecule has 1 atom stereocenters. The molecule has 2 amide bonds. The lowest BCUT2D eigenvalue weighted by Crippen LogP contribution is -2.42. The molecule has 12 heteroatoms. The maximum absolute atomic E-state index is 14.2. The van der Waals surface area contributed by atoms with Crippen LogP contribution in [0.4, 0.5) is 11.6 Å². The molecule has 1 N–H and O–H groups in total. The van der Waals surface area contributed by atoms with Crippen LogP contribution in [0, 0.1) is 0 Å². The van der Waals surface area contributed by atoms with Crippen LogP contribution in [0.2, 0.25) is 10.0 Å². The van der Waals surface area contributed by atoms with Gasteiger partial charge < -0.3 is 5.32 Å². The van der Waals surface area contributed by atoms with Crippen molar-refractivity contribution in [1.29, 1.82) is 0 Å². The fourth-order valence-corrected chi connectivity index (χ4v) is 7.05. The Morgan fingerprint density at radius 2 is 1.73 bits per heavy atom. The SMILES string of the molecule is CC(=O)NCCCS(=O)(=O)c1cnc2n1[C@](C)(Cc1ccc(-c3cccnc3)cc1)C(=O)N2c1cc(Cl)cc(Cl)c1. The van der Waals surface area contributed by atoms with Gasteiger partial charge in [-0.25, -0.2) is 18.3 Å². The molecule has 212 valence electrons. The summed E-state index contributed by atoms with van der Waals surface area (Å²) < 4.78 is 28.6. The predicted molar refractivity (Wildman–Crippen MR) is 158 cm³/mol. The molecule has 0 aliphatic carbocycles. The van der Waals surface area contributed by atoms with E-state index in [-0.39, 0.29) is 47.9 Å². The number of hydrogen-bond acceptors (Lipinski definition) is 6. The molecule has 0 unspecified atom stereocenters. The Labute approximate surface area is 248 Å². The molecular formula is C29H27Cl2N5O4S. The van der Waals surface area contributed by atoms with Gasteiger partial charge in [-0.1, -0.05) is 53.5 Å². The van der Waals surface area contributed by atoms with Gasteiger partial charge in [0.25, 0.3) is 5.91 Å². The number of hydrogen-bond donors (Lipinski definition) is 1. The third kappa shape index (κ3) is 5.72. The van der Waals surface area contributed by atoms with E-state index in [1.807, 2.05) is 36.4 Å². The van der Waals surface area contributed by atoms with Gasteiger partial charge in [0.15, 0.2) is 14.9 Å². The third-order valence-corrected chi connectivity index (χ3v) is 9.14. The van der Waals surface area contributed by atoms with Gasteiger partial charge in [-0.05, 0) is 54.3 Å². The average Bonchev–Trinajstić information content (AvgIpc) is 3.45. The minimum absolute atomic E-state index is 0.0752. The van der Waals surface area contributed by atoms with Gasteiger partial charge in [0.05, 0.1) is 17.6 Å². The Kier molecular flexibility index (Phi) is 7.91. The number of nitrogens with zero attached hydrogens (tertiary/aromatic N) is 4. The van der Waals surface area contributed by atoms with Gasteiger partial charge in [-0.2, -0.15) is 0 Å². The number of anilines is 2. The van der Waals surface area contributed by atoms with E-state index in [2.05, 4.69) is 15.3 Å². The van der Waals surface area contributed by atoms with E-state index in [0.29, 0.717) is 15.7 Å². The topological polar surface area (TPSA) is 114 Å². The largest absolute Gasteiger partial charge is 0.356 e. The highest BCUT2D eigenvalue weighted by atomic mass is 35.5. The van der Waals surface area contributed by atoms with Crippen LogP contribution in [0.5, 0.6) is 0 Å². The molecule has 3 heterocycles. The van der Waals surface area contributed by atoms with E-state index >= 15 is 0 Å². The molecule has 1 aliphatic heterocycles. The van der Waals surface area contributed by atoms with Crippen molar-refractivity contribution in [2.45, 2.75) is 37.3 Å². The summed E-state index contributed by atoms with van der Waals surface area (Å²) in [5.74, 6) is -0.685. The number of benzene rings is 2.